The summed E-state index contributed by atoms with van der Waals surface area (Å²) in [6.07, 6.45) is -2.07. The number of aliphatic hydroxyl groups is 1. The van der Waals surface area contributed by atoms with Crippen LogP contribution >= 0.6 is 0 Å². The van der Waals surface area contributed by atoms with Crippen molar-refractivity contribution in [3.8, 4) is 0 Å². The number of fused-ring (bicyclic) bond motifs is 1. The lowest BCUT2D eigenvalue weighted by Gasteiger charge is -2.36. The van der Waals surface area contributed by atoms with Gasteiger partial charge in [-0.1, -0.05) is 97.9 Å². The zero-order valence-corrected chi connectivity index (χ0v) is 28.3. The molecule has 48 heavy (non-hydrogen) atoms. The van der Waals surface area contributed by atoms with Crippen LogP contribution in [0, 0.1) is 17.8 Å². The first-order chi connectivity index (χ1) is 22.8. The van der Waals surface area contributed by atoms with Crippen molar-refractivity contribution in [2.75, 3.05) is 6.61 Å². The van der Waals surface area contributed by atoms with Crippen LogP contribution in [0.4, 0.5) is 4.79 Å². The molecule has 2 aliphatic carbocycles. The number of esters is 1. The van der Waals surface area contributed by atoms with Crippen molar-refractivity contribution < 1.29 is 33.8 Å². The molecule has 0 radical (unpaired) electrons. The highest BCUT2D eigenvalue weighted by molar-refractivity contribution is 5.96. The summed E-state index contributed by atoms with van der Waals surface area (Å²) in [5, 5.41) is 16.3. The molecule has 0 aromatic heterocycles. The number of ketones is 1. The van der Waals surface area contributed by atoms with Crippen LogP contribution in [0.1, 0.15) is 70.6 Å². The topological polar surface area (TPSA) is 131 Å². The third-order valence-corrected chi connectivity index (χ3v) is 9.68. The summed E-state index contributed by atoms with van der Waals surface area (Å²) in [5.74, 6) is -2.14. The molecule has 9 heteroatoms. The first kappa shape index (κ1) is 34.8. The minimum Gasteiger partial charge on any atom is -0.464 e. The van der Waals surface area contributed by atoms with E-state index in [-0.39, 0.29) is 49.4 Å². The van der Waals surface area contributed by atoms with Gasteiger partial charge in [0.25, 0.3) is 0 Å². The Bertz CT molecular complexity index is 1510. The summed E-state index contributed by atoms with van der Waals surface area (Å²) in [5.41, 5.74) is -0.566. The van der Waals surface area contributed by atoms with Gasteiger partial charge in [-0.15, -0.1) is 0 Å². The Hall–Kier alpha value is -4.50. The number of alkyl carbamates (subject to hydrolysis) is 1. The van der Waals surface area contributed by atoms with Crippen molar-refractivity contribution >= 4 is 23.8 Å². The normalized spacial score (nSPS) is 23.7. The molecule has 0 saturated heterocycles. The van der Waals surface area contributed by atoms with E-state index >= 15 is 0 Å². The highest BCUT2D eigenvalue weighted by Crippen LogP contribution is 2.62. The number of ether oxygens (including phenoxy) is 2. The van der Waals surface area contributed by atoms with Crippen LogP contribution in [-0.4, -0.2) is 58.8 Å². The van der Waals surface area contributed by atoms with Gasteiger partial charge in [-0.3, -0.25) is 9.59 Å². The second kappa shape index (κ2) is 13.9. The third kappa shape index (κ3) is 7.02. The first-order valence-corrected chi connectivity index (χ1v) is 16.7. The van der Waals surface area contributed by atoms with Crippen LogP contribution in [-0.2, 0) is 29.3 Å². The first-order valence-electron chi connectivity index (χ1n) is 16.7. The molecule has 3 aromatic carbocycles. The van der Waals surface area contributed by atoms with Crippen LogP contribution < -0.4 is 10.6 Å². The molecule has 6 atom stereocenters. The van der Waals surface area contributed by atoms with E-state index in [2.05, 4.69) is 10.6 Å². The number of rotatable bonds is 12. The van der Waals surface area contributed by atoms with Gasteiger partial charge >= 0.3 is 12.1 Å². The number of hydrogen-bond donors (Lipinski definition) is 3. The Kier molecular flexibility index (Phi) is 10.1. The maximum Gasteiger partial charge on any atom is 0.408 e. The molecule has 2 fully saturated rings. The Labute approximate surface area is 282 Å². The second-order valence-electron chi connectivity index (χ2n) is 14.0. The van der Waals surface area contributed by atoms with Crippen molar-refractivity contribution in [2.24, 2.45) is 17.8 Å². The molecule has 9 nitrogen and oxygen atoms in total. The number of benzene rings is 3. The van der Waals surface area contributed by atoms with Gasteiger partial charge in [-0.25, -0.2) is 9.59 Å². The van der Waals surface area contributed by atoms with Gasteiger partial charge in [0.15, 0.2) is 0 Å². The van der Waals surface area contributed by atoms with Crippen molar-refractivity contribution in [1.82, 2.24) is 10.6 Å². The highest BCUT2D eigenvalue weighted by Gasteiger charge is 2.72. The van der Waals surface area contributed by atoms with E-state index in [4.69, 9.17) is 9.47 Å². The number of amides is 2. The van der Waals surface area contributed by atoms with E-state index in [0.29, 0.717) is 0 Å². The molecule has 0 spiro atoms. The molecule has 2 saturated carbocycles. The molecule has 2 amide bonds. The summed E-state index contributed by atoms with van der Waals surface area (Å²) in [7, 11) is 0. The largest absolute Gasteiger partial charge is 0.464 e. The fourth-order valence-electron chi connectivity index (χ4n) is 7.66. The zero-order valence-electron chi connectivity index (χ0n) is 28.3. The van der Waals surface area contributed by atoms with Gasteiger partial charge in [-0.05, 0) is 56.2 Å². The Morgan fingerprint density at radius 2 is 1.38 bits per heavy atom. The number of carbonyl (C=O) groups excluding carboxylic acids is 4. The van der Waals surface area contributed by atoms with Crippen molar-refractivity contribution in [3.05, 3.63) is 108 Å². The minimum atomic E-state index is -1.48. The molecule has 0 aliphatic heterocycles. The Balaban J connectivity index is 1.51. The number of aliphatic hydroxyl groups excluding tert-OH is 1. The van der Waals surface area contributed by atoms with Crippen LogP contribution in [0.5, 0.6) is 0 Å². The van der Waals surface area contributed by atoms with Crippen LogP contribution in [0.15, 0.2) is 91.0 Å². The second-order valence-corrected chi connectivity index (χ2v) is 14.0. The predicted octanol–water partition coefficient (Wildman–Crippen LogP) is 5.33. The molecule has 5 rings (SSSR count). The SMILES string of the molecule is CCOC(=O)[C@]1(NC(=O)[C@H](CC(=O)CC(c2ccccc2)(c2ccccc2)c2ccccc2)NC(=O)OC(C)(C)C)C[C@H](O)[C@H]2[C@H](C)[C@H]21. The smallest absolute Gasteiger partial charge is 0.408 e. The maximum atomic E-state index is 14.4. The predicted molar refractivity (Wildman–Crippen MR) is 181 cm³/mol. The molecular weight excluding hydrogens is 608 g/mol. The highest BCUT2D eigenvalue weighted by atomic mass is 16.6. The summed E-state index contributed by atoms with van der Waals surface area (Å²) < 4.78 is 10.9. The molecule has 3 N–H and O–H groups in total. The van der Waals surface area contributed by atoms with Gasteiger partial charge in [0, 0.05) is 25.2 Å². The third-order valence-electron chi connectivity index (χ3n) is 9.68. The fourth-order valence-corrected chi connectivity index (χ4v) is 7.66. The minimum absolute atomic E-state index is 0.0104. The Morgan fingerprint density at radius 1 is 0.875 bits per heavy atom. The molecular formula is C39H46N2O7. The monoisotopic (exact) mass is 654 g/mol. The van der Waals surface area contributed by atoms with E-state index in [1.54, 1.807) is 27.7 Å². The van der Waals surface area contributed by atoms with E-state index in [0.717, 1.165) is 16.7 Å². The van der Waals surface area contributed by atoms with E-state index in [1.807, 2.05) is 97.9 Å². The summed E-state index contributed by atoms with van der Waals surface area (Å²) >= 11 is 0. The summed E-state index contributed by atoms with van der Waals surface area (Å²) in [6, 6.07) is 27.9. The standard InChI is InChI=1S/C39H46N2O7/c1-6-47-35(45)39(24-31(43)32-25(2)33(32)39)41-34(44)30(40-36(46)48-37(3,4)5)22-29(42)23-38(26-16-10-7-11-17-26,27-18-12-8-13-19-27)28-20-14-9-15-21-28/h7-21,25,30-33,43H,6,22-24H2,1-5H3,(H,40,46)(H,41,44)/t25-,30-,31-,32+,33+,39-/m0/s1. The number of hydrogen-bond acceptors (Lipinski definition) is 7. The summed E-state index contributed by atoms with van der Waals surface area (Å²) in [4.78, 5) is 55.1. The van der Waals surface area contributed by atoms with Gasteiger partial charge in [0.05, 0.1) is 18.1 Å². The van der Waals surface area contributed by atoms with Gasteiger partial charge in [0.1, 0.15) is 23.0 Å². The van der Waals surface area contributed by atoms with Gasteiger partial charge in [-0.2, -0.15) is 0 Å². The average Bonchev–Trinajstić information content (AvgIpc) is 3.64. The lowest BCUT2D eigenvalue weighted by Crippen LogP contribution is -2.61. The lowest BCUT2D eigenvalue weighted by atomic mass is 9.66. The molecule has 0 heterocycles. The van der Waals surface area contributed by atoms with Crippen molar-refractivity contribution in [3.63, 3.8) is 0 Å². The quantitative estimate of drug-likeness (QED) is 0.178. The number of nitrogens with one attached hydrogen (secondary N) is 2. The summed E-state index contributed by atoms with van der Waals surface area (Å²) in [6.45, 7) is 8.79. The van der Waals surface area contributed by atoms with Gasteiger partial charge in [0.2, 0.25) is 5.91 Å². The fraction of sp³-hybridized carbons (Fsp3) is 0.436. The molecule has 0 bridgehead atoms. The lowest BCUT2D eigenvalue weighted by molar-refractivity contribution is -0.155. The van der Waals surface area contributed by atoms with Crippen LogP contribution in [0.3, 0.4) is 0 Å². The molecule has 254 valence electrons. The van der Waals surface area contributed by atoms with Crippen molar-refractivity contribution in [1.29, 1.82) is 0 Å². The number of carbonyl (C=O) groups is 4. The van der Waals surface area contributed by atoms with Gasteiger partial charge < -0.3 is 25.2 Å². The van der Waals surface area contributed by atoms with E-state index in [1.165, 1.54) is 0 Å². The maximum absolute atomic E-state index is 14.4. The average molecular weight is 655 g/mol. The van der Waals surface area contributed by atoms with Crippen molar-refractivity contribution in [2.45, 2.75) is 82.6 Å². The zero-order chi connectivity index (χ0) is 34.7. The molecule has 2 aliphatic rings. The van der Waals surface area contributed by atoms with Crippen LogP contribution in [0.2, 0.25) is 0 Å². The van der Waals surface area contributed by atoms with Crippen LogP contribution in [0.25, 0.3) is 0 Å². The Morgan fingerprint density at radius 3 is 1.79 bits per heavy atom. The number of Topliss-reactive ketones (excluding diaryl/α,β-unsaturated/α-hetero) is 1. The molecule has 0 unspecified atom stereocenters. The van der Waals surface area contributed by atoms with E-state index in [9.17, 15) is 24.3 Å². The van der Waals surface area contributed by atoms with E-state index < -0.39 is 46.7 Å². The molecule has 3 aromatic rings.